The molecule has 0 radical (unpaired) electrons. The van der Waals surface area contributed by atoms with Gasteiger partial charge in [0.2, 0.25) is 0 Å². The van der Waals surface area contributed by atoms with Gasteiger partial charge in [0.1, 0.15) is 5.60 Å². The number of benzene rings is 1. The number of nitro groups is 1. The van der Waals surface area contributed by atoms with E-state index < -0.39 is 28.4 Å². The highest BCUT2D eigenvalue weighted by Gasteiger charge is 2.26. The summed E-state index contributed by atoms with van der Waals surface area (Å²) >= 11 is 0. The predicted molar refractivity (Wildman–Crippen MR) is 76.3 cm³/mol. The number of nitrogens with zero attached hydrogens (tertiary/aromatic N) is 1. The largest absolute Gasteiger partial charge is 0.444 e. The minimum Gasteiger partial charge on any atom is -0.444 e. The third-order valence-corrected chi connectivity index (χ3v) is 2.49. The van der Waals surface area contributed by atoms with Crippen molar-refractivity contribution in [1.29, 1.82) is 0 Å². The zero-order valence-electron chi connectivity index (χ0n) is 12.4. The maximum Gasteiger partial charge on any atom is 0.408 e. The average Bonchev–Trinajstić information content (AvgIpc) is 2.35. The second kappa shape index (κ2) is 6.34. The first-order valence-corrected chi connectivity index (χ1v) is 6.39. The van der Waals surface area contributed by atoms with Gasteiger partial charge in [0.25, 0.3) is 5.69 Å². The molecule has 0 aliphatic heterocycles. The molecule has 114 valence electrons. The van der Waals surface area contributed by atoms with E-state index in [1.807, 2.05) is 0 Å². The number of carbonyl (C=O) groups excluding carboxylic acids is 2. The number of ether oxygens (including phenoxy) is 1. The molecule has 1 atom stereocenters. The molecule has 1 aromatic carbocycles. The summed E-state index contributed by atoms with van der Waals surface area (Å²) in [6.07, 6.45) is -0.748. The molecule has 1 N–H and O–H groups in total. The molecule has 0 aliphatic carbocycles. The van der Waals surface area contributed by atoms with E-state index in [1.54, 1.807) is 20.8 Å². The average molecular weight is 294 g/mol. The molecule has 7 nitrogen and oxygen atoms in total. The van der Waals surface area contributed by atoms with Crippen molar-refractivity contribution < 1.29 is 19.2 Å². The third-order valence-electron chi connectivity index (χ3n) is 2.49. The fourth-order valence-corrected chi connectivity index (χ4v) is 1.62. The number of carbonyl (C=O) groups is 2. The first-order valence-electron chi connectivity index (χ1n) is 6.39. The van der Waals surface area contributed by atoms with E-state index in [9.17, 15) is 19.7 Å². The number of amides is 1. The summed E-state index contributed by atoms with van der Waals surface area (Å²) in [6.45, 7) is 6.53. The molecular weight excluding hydrogens is 276 g/mol. The van der Waals surface area contributed by atoms with Crippen LogP contribution in [0.2, 0.25) is 0 Å². The quantitative estimate of drug-likeness (QED) is 0.523. The number of para-hydroxylation sites is 1. The number of nitrogens with one attached hydrogen (secondary N) is 1. The molecule has 0 bridgehead atoms. The molecule has 7 heteroatoms. The summed E-state index contributed by atoms with van der Waals surface area (Å²) in [6, 6.07) is 4.67. The molecule has 0 spiro atoms. The third kappa shape index (κ3) is 4.87. The Bertz CT molecular complexity index is 563. The van der Waals surface area contributed by atoms with Crippen molar-refractivity contribution in [3.05, 3.63) is 39.9 Å². The van der Waals surface area contributed by atoms with Crippen LogP contribution in [0.15, 0.2) is 24.3 Å². The van der Waals surface area contributed by atoms with Crippen LogP contribution in [0.25, 0.3) is 0 Å². The van der Waals surface area contributed by atoms with E-state index in [0.29, 0.717) is 0 Å². The number of nitro benzene ring substituents is 1. The number of Topliss-reactive ketones (excluding diaryl/α,β-unsaturated/α-hetero) is 1. The predicted octanol–water partition coefficient (Wildman–Crippen LogP) is 2.69. The molecule has 1 amide bonds. The van der Waals surface area contributed by atoms with Crippen molar-refractivity contribution in [2.45, 2.75) is 39.3 Å². The van der Waals surface area contributed by atoms with Crippen molar-refractivity contribution in [3.63, 3.8) is 0 Å². The maximum absolute atomic E-state index is 12.2. The Morgan fingerprint density at radius 3 is 2.38 bits per heavy atom. The molecular formula is C14H18N2O5. The summed E-state index contributed by atoms with van der Waals surface area (Å²) in [7, 11) is 0. The van der Waals surface area contributed by atoms with Crippen molar-refractivity contribution in [3.8, 4) is 0 Å². The summed E-state index contributed by atoms with van der Waals surface area (Å²) < 4.78 is 5.04. The Morgan fingerprint density at radius 1 is 1.29 bits per heavy atom. The van der Waals surface area contributed by atoms with Crippen molar-refractivity contribution in [2.75, 3.05) is 0 Å². The maximum atomic E-state index is 12.2. The van der Waals surface area contributed by atoms with E-state index in [2.05, 4.69) is 5.32 Å². The number of hydrogen-bond donors (Lipinski definition) is 1. The van der Waals surface area contributed by atoms with Gasteiger partial charge in [0, 0.05) is 6.07 Å². The van der Waals surface area contributed by atoms with Gasteiger partial charge in [-0.3, -0.25) is 14.9 Å². The molecule has 0 unspecified atom stereocenters. The van der Waals surface area contributed by atoms with Crippen LogP contribution < -0.4 is 5.32 Å². The molecule has 0 heterocycles. The first-order chi connectivity index (χ1) is 9.61. The zero-order chi connectivity index (χ0) is 16.2. The van der Waals surface area contributed by atoms with Crippen LogP contribution in [-0.4, -0.2) is 28.4 Å². The monoisotopic (exact) mass is 294 g/mol. The van der Waals surface area contributed by atoms with Gasteiger partial charge in [-0.25, -0.2) is 4.79 Å². The second-order valence-electron chi connectivity index (χ2n) is 5.51. The minimum atomic E-state index is -0.930. The van der Waals surface area contributed by atoms with Crippen molar-refractivity contribution >= 4 is 17.6 Å². The fraction of sp³-hybridized carbons (Fsp3) is 0.429. The van der Waals surface area contributed by atoms with Gasteiger partial charge in [-0.15, -0.1) is 0 Å². The van der Waals surface area contributed by atoms with Crippen LogP contribution in [0.5, 0.6) is 0 Å². The van der Waals surface area contributed by atoms with Gasteiger partial charge in [0.05, 0.1) is 16.5 Å². The van der Waals surface area contributed by atoms with Crippen LogP contribution in [0.1, 0.15) is 38.1 Å². The number of alkyl carbamates (subject to hydrolysis) is 1. The second-order valence-corrected chi connectivity index (χ2v) is 5.51. The molecule has 0 fully saturated rings. The molecule has 21 heavy (non-hydrogen) atoms. The van der Waals surface area contributed by atoms with Gasteiger partial charge in [0.15, 0.2) is 5.78 Å². The van der Waals surface area contributed by atoms with Crippen LogP contribution in [0.3, 0.4) is 0 Å². The van der Waals surface area contributed by atoms with Gasteiger partial charge in [-0.05, 0) is 33.8 Å². The Morgan fingerprint density at radius 2 is 1.86 bits per heavy atom. The highest BCUT2D eigenvalue weighted by atomic mass is 16.6. The van der Waals surface area contributed by atoms with Crippen LogP contribution >= 0.6 is 0 Å². The van der Waals surface area contributed by atoms with E-state index in [-0.39, 0.29) is 11.3 Å². The highest BCUT2D eigenvalue weighted by molar-refractivity contribution is 6.04. The smallest absolute Gasteiger partial charge is 0.408 e. The van der Waals surface area contributed by atoms with Crippen LogP contribution in [-0.2, 0) is 4.74 Å². The van der Waals surface area contributed by atoms with Crippen LogP contribution in [0, 0.1) is 10.1 Å². The van der Waals surface area contributed by atoms with E-state index in [1.165, 1.54) is 31.2 Å². The summed E-state index contributed by atoms with van der Waals surface area (Å²) in [5, 5.41) is 13.3. The zero-order valence-corrected chi connectivity index (χ0v) is 12.4. The summed E-state index contributed by atoms with van der Waals surface area (Å²) in [5.41, 5.74) is -1.03. The lowest BCUT2D eigenvalue weighted by Gasteiger charge is -2.21. The highest BCUT2D eigenvalue weighted by Crippen LogP contribution is 2.19. The topological polar surface area (TPSA) is 98.5 Å². The van der Waals surface area contributed by atoms with E-state index >= 15 is 0 Å². The fourth-order valence-electron chi connectivity index (χ4n) is 1.62. The van der Waals surface area contributed by atoms with Crippen molar-refractivity contribution in [2.24, 2.45) is 0 Å². The number of ketones is 1. The molecule has 0 saturated carbocycles. The Kier molecular flexibility index (Phi) is 5.02. The van der Waals surface area contributed by atoms with Gasteiger partial charge < -0.3 is 10.1 Å². The lowest BCUT2D eigenvalue weighted by atomic mass is 10.0. The summed E-state index contributed by atoms with van der Waals surface area (Å²) in [5.74, 6) is -0.548. The number of hydrogen-bond acceptors (Lipinski definition) is 5. The van der Waals surface area contributed by atoms with E-state index in [0.717, 1.165) is 0 Å². The Hall–Kier alpha value is -2.44. The normalized spacial score (nSPS) is 12.4. The van der Waals surface area contributed by atoms with Gasteiger partial charge in [-0.1, -0.05) is 12.1 Å². The number of rotatable bonds is 4. The molecule has 0 aliphatic rings. The molecule has 1 aromatic rings. The lowest BCUT2D eigenvalue weighted by Crippen LogP contribution is -2.41. The first kappa shape index (κ1) is 16.6. The Balaban J connectivity index is 2.85. The van der Waals surface area contributed by atoms with Crippen LogP contribution in [0.4, 0.5) is 10.5 Å². The molecule has 0 aromatic heterocycles. The standard InChI is InChI=1S/C14H18N2O5/c1-9(15-13(18)21-14(2,3)4)12(17)10-7-5-6-8-11(10)16(19)20/h5-9H,1-4H3,(H,15,18)/t9-/m0/s1. The molecule has 1 rings (SSSR count). The van der Waals surface area contributed by atoms with Crippen molar-refractivity contribution in [1.82, 2.24) is 5.32 Å². The van der Waals surface area contributed by atoms with E-state index in [4.69, 9.17) is 4.74 Å². The Labute approximate surface area is 122 Å². The lowest BCUT2D eigenvalue weighted by molar-refractivity contribution is -0.385. The van der Waals surface area contributed by atoms with Gasteiger partial charge in [-0.2, -0.15) is 0 Å². The SMILES string of the molecule is C[C@H](NC(=O)OC(C)(C)C)C(=O)c1ccccc1[N+](=O)[O-]. The van der Waals surface area contributed by atoms with Gasteiger partial charge >= 0.3 is 6.09 Å². The molecule has 0 saturated heterocycles. The summed E-state index contributed by atoms with van der Waals surface area (Å²) in [4.78, 5) is 34.1. The minimum absolute atomic E-state index is 0.0499.